The number of carbonyl (C=O) groups excluding carboxylic acids is 3. The van der Waals surface area contributed by atoms with Gasteiger partial charge in [-0.3, -0.25) is 14.4 Å². The molecular formula is C18H20N2O4. The van der Waals surface area contributed by atoms with E-state index in [-0.39, 0.29) is 18.9 Å². The van der Waals surface area contributed by atoms with Gasteiger partial charge in [-0.2, -0.15) is 0 Å². The number of hydrogen-bond acceptors (Lipinski definition) is 4. The van der Waals surface area contributed by atoms with Crippen LogP contribution in [0.5, 0.6) is 0 Å². The van der Waals surface area contributed by atoms with Gasteiger partial charge in [0.1, 0.15) is 0 Å². The van der Waals surface area contributed by atoms with Gasteiger partial charge in [-0.25, -0.2) is 0 Å². The van der Waals surface area contributed by atoms with E-state index in [9.17, 15) is 14.4 Å². The number of ether oxygens (including phenoxy) is 1. The van der Waals surface area contributed by atoms with Crippen molar-refractivity contribution >= 4 is 28.6 Å². The molecule has 0 fully saturated rings. The van der Waals surface area contributed by atoms with Crippen LogP contribution in [0.4, 0.5) is 0 Å². The zero-order valence-corrected chi connectivity index (χ0v) is 13.5. The van der Waals surface area contributed by atoms with Crippen LogP contribution < -0.4 is 10.6 Å². The summed E-state index contributed by atoms with van der Waals surface area (Å²) in [5, 5.41) is 7.07. The predicted molar refractivity (Wildman–Crippen MR) is 90.3 cm³/mol. The minimum atomic E-state index is -0.506. The van der Waals surface area contributed by atoms with E-state index in [1.165, 1.54) is 0 Å². The Morgan fingerprint density at radius 3 is 2.46 bits per heavy atom. The molecule has 0 aromatic heterocycles. The third-order valence-corrected chi connectivity index (χ3v) is 3.35. The third kappa shape index (κ3) is 5.39. The van der Waals surface area contributed by atoms with Crippen molar-refractivity contribution in [1.82, 2.24) is 10.6 Å². The lowest BCUT2D eigenvalue weighted by Gasteiger charge is -2.07. The van der Waals surface area contributed by atoms with Crippen LogP contribution in [0.1, 0.15) is 12.5 Å². The van der Waals surface area contributed by atoms with Crippen LogP contribution in [0.3, 0.4) is 0 Å². The van der Waals surface area contributed by atoms with Crippen molar-refractivity contribution in [3.63, 3.8) is 0 Å². The maximum atomic E-state index is 11.8. The summed E-state index contributed by atoms with van der Waals surface area (Å²) in [6.07, 6.45) is 0.0917. The van der Waals surface area contributed by atoms with Crippen LogP contribution in [0, 0.1) is 0 Å². The molecule has 2 aromatic carbocycles. The SMILES string of the molecule is CCNC(=O)CNC(=O)COC(=O)Cc1ccc2ccccc2c1. The van der Waals surface area contributed by atoms with E-state index in [0.717, 1.165) is 16.3 Å². The van der Waals surface area contributed by atoms with Crippen molar-refractivity contribution in [2.75, 3.05) is 19.7 Å². The Hall–Kier alpha value is -2.89. The number of hydrogen-bond donors (Lipinski definition) is 2. The molecule has 0 bridgehead atoms. The molecule has 24 heavy (non-hydrogen) atoms. The molecule has 2 N–H and O–H groups in total. The first kappa shape index (κ1) is 17.5. The normalized spacial score (nSPS) is 10.2. The topological polar surface area (TPSA) is 84.5 Å². The van der Waals surface area contributed by atoms with Crippen LogP contribution in [-0.2, 0) is 25.5 Å². The first-order valence-corrected chi connectivity index (χ1v) is 7.75. The fourth-order valence-corrected chi connectivity index (χ4v) is 2.20. The van der Waals surface area contributed by atoms with Gasteiger partial charge in [-0.1, -0.05) is 42.5 Å². The number of nitrogens with one attached hydrogen (secondary N) is 2. The van der Waals surface area contributed by atoms with E-state index in [4.69, 9.17) is 4.74 Å². The molecule has 126 valence electrons. The number of carbonyl (C=O) groups is 3. The molecule has 0 saturated carbocycles. The van der Waals surface area contributed by atoms with Gasteiger partial charge in [-0.15, -0.1) is 0 Å². The Morgan fingerprint density at radius 1 is 0.958 bits per heavy atom. The lowest BCUT2D eigenvalue weighted by molar-refractivity contribution is -0.147. The van der Waals surface area contributed by atoms with E-state index >= 15 is 0 Å². The van der Waals surface area contributed by atoms with Crippen molar-refractivity contribution in [2.24, 2.45) is 0 Å². The lowest BCUT2D eigenvalue weighted by atomic mass is 10.1. The summed E-state index contributed by atoms with van der Waals surface area (Å²) in [5.41, 5.74) is 0.821. The summed E-state index contributed by atoms with van der Waals surface area (Å²) >= 11 is 0. The van der Waals surface area contributed by atoms with E-state index in [2.05, 4.69) is 10.6 Å². The van der Waals surface area contributed by atoms with E-state index in [0.29, 0.717) is 6.54 Å². The minimum absolute atomic E-state index is 0.0917. The second-order valence-corrected chi connectivity index (χ2v) is 5.25. The largest absolute Gasteiger partial charge is 0.455 e. The van der Waals surface area contributed by atoms with Gasteiger partial charge in [-0.05, 0) is 23.3 Å². The molecule has 0 unspecified atom stereocenters. The number of likely N-dealkylation sites (N-methyl/N-ethyl adjacent to an activating group) is 1. The molecule has 0 atom stereocenters. The number of amides is 2. The quantitative estimate of drug-likeness (QED) is 0.748. The molecule has 0 aliphatic carbocycles. The third-order valence-electron chi connectivity index (χ3n) is 3.35. The number of esters is 1. The minimum Gasteiger partial charge on any atom is -0.455 e. The smallest absolute Gasteiger partial charge is 0.310 e. The Balaban J connectivity index is 1.78. The summed E-state index contributed by atoms with van der Waals surface area (Å²) in [5.74, 6) is -1.28. The van der Waals surface area contributed by atoms with Crippen molar-refractivity contribution in [2.45, 2.75) is 13.3 Å². The average Bonchev–Trinajstić information content (AvgIpc) is 2.58. The number of rotatable bonds is 7. The lowest BCUT2D eigenvalue weighted by Crippen LogP contribution is -2.38. The van der Waals surface area contributed by atoms with Crippen molar-refractivity contribution in [3.8, 4) is 0 Å². The van der Waals surface area contributed by atoms with Gasteiger partial charge in [0.05, 0.1) is 13.0 Å². The van der Waals surface area contributed by atoms with Crippen molar-refractivity contribution in [3.05, 3.63) is 48.0 Å². The molecule has 0 heterocycles. The van der Waals surface area contributed by atoms with Crippen LogP contribution in [0.25, 0.3) is 10.8 Å². The van der Waals surface area contributed by atoms with Crippen molar-refractivity contribution in [1.29, 1.82) is 0 Å². The van der Waals surface area contributed by atoms with Gasteiger partial charge < -0.3 is 15.4 Å². The maximum Gasteiger partial charge on any atom is 0.310 e. The summed E-state index contributed by atoms with van der Waals surface area (Å²) in [6, 6.07) is 13.6. The highest BCUT2D eigenvalue weighted by Gasteiger charge is 2.10. The van der Waals surface area contributed by atoms with E-state index in [1.54, 1.807) is 6.92 Å². The highest BCUT2D eigenvalue weighted by molar-refractivity contribution is 5.87. The predicted octanol–water partition coefficient (Wildman–Crippen LogP) is 1.18. The Kier molecular flexibility index (Phi) is 6.31. The Morgan fingerprint density at radius 2 is 1.71 bits per heavy atom. The van der Waals surface area contributed by atoms with Gasteiger partial charge in [0.15, 0.2) is 6.61 Å². The molecule has 0 aliphatic rings. The van der Waals surface area contributed by atoms with Gasteiger partial charge in [0, 0.05) is 6.54 Å². The van der Waals surface area contributed by atoms with Gasteiger partial charge >= 0.3 is 5.97 Å². The average molecular weight is 328 g/mol. The molecule has 0 spiro atoms. The monoisotopic (exact) mass is 328 g/mol. The fraction of sp³-hybridized carbons (Fsp3) is 0.278. The number of fused-ring (bicyclic) bond motifs is 1. The highest BCUT2D eigenvalue weighted by Crippen LogP contribution is 2.16. The molecule has 0 radical (unpaired) electrons. The molecule has 0 aliphatic heterocycles. The molecule has 2 aromatic rings. The van der Waals surface area contributed by atoms with E-state index < -0.39 is 18.5 Å². The molecule has 0 saturated heterocycles. The maximum absolute atomic E-state index is 11.8. The molecule has 6 nitrogen and oxygen atoms in total. The summed E-state index contributed by atoms with van der Waals surface area (Å²) in [7, 11) is 0. The van der Waals surface area contributed by atoms with E-state index in [1.807, 2.05) is 42.5 Å². The van der Waals surface area contributed by atoms with Gasteiger partial charge in [0.25, 0.3) is 5.91 Å². The fourth-order valence-electron chi connectivity index (χ4n) is 2.20. The first-order valence-electron chi connectivity index (χ1n) is 7.75. The Bertz CT molecular complexity index is 743. The summed E-state index contributed by atoms with van der Waals surface area (Å²) in [4.78, 5) is 34.5. The Labute approximate surface area is 140 Å². The van der Waals surface area contributed by atoms with Crippen LogP contribution in [0.15, 0.2) is 42.5 Å². The second-order valence-electron chi connectivity index (χ2n) is 5.25. The molecular weight excluding hydrogens is 308 g/mol. The summed E-state index contributed by atoms with van der Waals surface area (Å²) < 4.78 is 4.93. The van der Waals surface area contributed by atoms with Gasteiger partial charge in [0.2, 0.25) is 5.91 Å². The standard InChI is InChI=1S/C18H20N2O4/c1-2-19-16(21)11-20-17(22)12-24-18(23)10-13-7-8-14-5-3-4-6-15(14)9-13/h3-9H,2,10-12H2,1H3,(H,19,21)(H,20,22). The van der Waals surface area contributed by atoms with Crippen molar-refractivity contribution < 1.29 is 19.1 Å². The molecule has 2 amide bonds. The van der Waals surface area contributed by atoms with Crippen LogP contribution in [0.2, 0.25) is 0 Å². The zero-order valence-electron chi connectivity index (χ0n) is 13.5. The summed E-state index contributed by atoms with van der Waals surface area (Å²) in [6.45, 7) is 1.75. The molecule has 6 heteroatoms. The second kappa shape index (κ2) is 8.67. The number of benzene rings is 2. The highest BCUT2D eigenvalue weighted by atomic mass is 16.5. The van der Waals surface area contributed by atoms with Crippen LogP contribution >= 0.6 is 0 Å². The first-order chi connectivity index (χ1) is 11.6. The molecule has 2 rings (SSSR count). The van der Waals surface area contributed by atoms with Crippen LogP contribution in [-0.4, -0.2) is 37.5 Å². The zero-order chi connectivity index (χ0) is 17.4.